The fourth-order valence-corrected chi connectivity index (χ4v) is 4.75. The molecule has 0 bridgehead atoms. The van der Waals surface area contributed by atoms with Gasteiger partial charge in [-0.2, -0.15) is 0 Å². The first kappa shape index (κ1) is 21.3. The SMILES string of the molecule is CCc1nc(-c2cccc(C)c2)c(-c2ccnc(NCCC(C)c3ccccc3)c2)s1. The van der Waals surface area contributed by atoms with Gasteiger partial charge in [0.05, 0.1) is 15.6 Å². The molecule has 4 heteroatoms. The van der Waals surface area contributed by atoms with Crippen molar-refractivity contribution in [2.45, 2.75) is 39.5 Å². The van der Waals surface area contributed by atoms with Gasteiger partial charge < -0.3 is 5.32 Å². The van der Waals surface area contributed by atoms with Crippen LogP contribution in [0.1, 0.15) is 42.3 Å². The second-order valence-corrected chi connectivity index (χ2v) is 9.05. The summed E-state index contributed by atoms with van der Waals surface area (Å²) in [5, 5.41) is 4.68. The standard InChI is InChI=1S/C27H29N3S/c1-4-25-30-26(22-12-8-9-19(2)17-22)27(31-25)23-14-16-29-24(18-23)28-15-13-20(3)21-10-6-5-7-11-21/h5-12,14,16-18,20H,4,13,15H2,1-3H3,(H,28,29). The Morgan fingerprint density at radius 3 is 2.58 bits per heavy atom. The highest BCUT2D eigenvalue weighted by Crippen LogP contribution is 2.37. The molecule has 31 heavy (non-hydrogen) atoms. The zero-order valence-corrected chi connectivity index (χ0v) is 19.2. The fourth-order valence-electron chi connectivity index (χ4n) is 3.73. The minimum Gasteiger partial charge on any atom is -0.370 e. The first-order valence-corrected chi connectivity index (χ1v) is 11.8. The maximum absolute atomic E-state index is 4.94. The number of nitrogens with zero attached hydrogens (tertiary/aromatic N) is 2. The van der Waals surface area contributed by atoms with E-state index in [2.05, 4.69) is 97.8 Å². The molecule has 0 aliphatic carbocycles. The van der Waals surface area contributed by atoms with E-state index in [0.29, 0.717) is 5.92 Å². The van der Waals surface area contributed by atoms with Gasteiger partial charge in [-0.25, -0.2) is 9.97 Å². The van der Waals surface area contributed by atoms with Crippen LogP contribution in [-0.2, 0) is 6.42 Å². The molecule has 0 saturated carbocycles. The van der Waals surface area contributed by atoms with E-state index in [9.17, 15) is 0 Å². The molecule has 0 saturated heterocycles. The Hall–Kier alpha value is -2.98. The molecule has 0 aliphatic rings. The Kier molecular flexibility index (Phi) is 6.78. The highest BCUT2D eigenvalue weighted by atomic mass is 32.1. The van der Waals surface area contributed by atoms with Crippen molar-refractivity contribution in [3.05, 3.63) is 89.1 Å². The Balaban J connectivity index is 1.52. The first-order valence-electron chi connectivity index (χ1n) is 11.0. The van der Waals surface area contributed by atoms with E-state index < -0.39 is 0 Å². The number of nitrogens with one attached hydrogen (secondary N) is 1. The molecule has 1 atom stereocenters. The molecule has 1 N–H and O–H groups in total. The lowest BCUT2D eigenvalue weighted by Gasteiger charge is -2.13. The van der Waals surface area contributed by atoms with Crippen molar-refractivity contribution in [2.24, 2.45) is 0 Å². The Morgan fingerprint density at radius 1 is 0.968 bits per heavy atom. The fraction of sp³-hybridized carbons (Fsp3) is 0.259. The maximum atomic E-state index is 4.94. The monoisotopic (exact) mass is 427 g/mol. The van der Waals surface area contributed by atoms with Gasteiger partial charge in [0.15, 0.2) is 0 Å². The average Bonchev–Trinajstić information content (AvgIpc) is 3.25. The number of pyridine rings is 1. The second kappa shape index (κ2) is 9.88. The molecular weight excluding hydrogens is 398 g/mol. The molecule has 4 rings (SSSR count). The summed E-state index contributed by atoms with van der Waals surface area (Å²) in [4.78, 5) is 10.7. The third-order valence-corrected chi connectivity index (χ3v) is 6.79. The van der Waals surface area contributed by atoms with Crippen LogP contribution in [0.25, 0.3) is 21.7 Å². The number of hydrogen-bond acceptors (Lipinski definition) is 4. The number of thiazole rings is 1. The summed E-state index contributed by atoms with van der Waals surface area (Å²) in [5.74, 6) is 1.43. The van der Waals surface area contributed by atoms with Gasteiger partial charge in [-0.1, -0.05) is 67.9 Å². The summed E-state index contributed by atoms with van der Waals surface area (Å²) >= 11 is 1.78. The van der Waals surface area contributed by atoms with E-state index in [1.807, 2.05) is 6.20 Å². The van der Waals surface area contributed by atoms with Crippen molar-refractivity contribution in [3.8, 4) is 21.7 Å². The predicted molar refractivity (Wildman–Crippen MR) is 133 cm³/mol. The smallest absolute Gasteiger partial charge is 0.126 e. The summed E-state index contributed by atoms with van der Waals surface area (Å²) in [6.45, 7) is 7.45. The van der Waals surface area contributed by atoms with Crippen LogP contribution < -0.4 is 5.32 Å². The minimum atomic E-state index is 0.512. The van der Waals surface area contributed by atoms with Gasteiger partial charge in [0.25, 0.3) is 0 Å². The van der Waals surface area contributed by atoms with Gasteiger partial charge in [-0.05, 0) is 55.0 Å². The molecule has 158 valence electrons. The van der Waals surface area contributed by atoms with Gasteiger partial charge in [0, 0.05) is 18.3 Å². The first-order chi connectivity index (χ1) is 15.1. The van der Waals surface area contributed by atoms with E-state index in [1.165, 1.54) is 27.1 Å². The lowest BCUT2D eigenvalue weighted by atomic mass is 9.98. The van der Waals surface area contributed by atoms with Crippen molar-refractivity contribution in [2.75, 3.05) is 11.9 Å². The number of aryl methyl sites for hydroxylation is 2. The van der Waals surface area contributed by atoms with Crippen LogP contribution >= 0.6 is 11.3 Å². The lowest BCUT2D eigenvalue weighted by Crippen LogP contribution is -2.07. The predicted octanol–water partition coefficient (Wildman–Crippen LogP) is 7.35. The van der Waals surface area contributed by atoms with Crippen LogP contribution in [-0.4, -0.2) is 16.5 Å². The van der Waals surface area contributed by atoms with E-state index in [4.69, 9.17) is 4.98 Å². The molecule has 3 nitrogen and oxygen atoms in total. The van der Waals surface area contributed by atoms with Crippen LogP contribution in [0.2, 0.25) is 0 Å². The molecule has 0 aliphatic heterocycles. The molecule has 2 aromatic carbocycles. The molecule has 0 amide bonds. The normalized spacial score (nSPS) is 12.0. The molecule has 2 heterocycles. The average molecular weight is 428 g/mol. The molecule has 1 unspecified atom stereocenters. The number of hydrogen-bond donors (Lipinski definition) is 1. The van der Waals surface area contributed by atoms with E-state index in [0.717, 1.165) is 35.9 Å². The second-order valence-electron chi connectivity index (χ2n) is 7.97. The Morgan fingerprint density at radius 2 is 1.81 bits per heavy atom. The highest BCUT2D eigenvalue weighted by molar-refractivity contribution is 7.15. The maximum Gasteiger partial charge on any atom is 0.126 e. The number of anilines is 1. The molecule has 2 aromatic heterocycles. The number of aromatic nitrogens is 2. The summed E-state index contributed by atoms with van der Waals surface area (Å²) < 4.78 is 0. The highest BCUT2D eigenvalue weighted by Gasteiger charge is 2.15. The minimum absolute atomic E-state index is 0.512. The van der Waals surface area contributed by atoms with Crippen LogP contribution in [0.3, 0.4) is 0 Å². The van der Waals surface area contributed by atoms with Gasteiger partial charge in [0.2, 0.25) is 0 Å². The zero-order chi connectivity index (χ0) is 21.6. The third-order valence-electron chi connectivity index (χ3n) is 5.54. The van der Waals surface area contributed by atoms with E-state index in [1.54, 1.807) is 11.3 Å². The van der Waals surface area contributed by atoms with Gasteiger partial charge in [0.1, 0.15) is 5.82 Å². The summed E-state index contributed by atoms with van der Waals surface area (Å²) in [5.41, 5.74) is 6.04. The largest absolute Gasteiger partial charge is 0.370 e. The quantitative estimate of drug-likeness (QED) is 0.319. The molecule has 0 radical (unpaired) electrons. The zero-order valence-electron chi connectivity index (χ0n) is 18.4. The molecular formula is C27H29N3S. The van der Waals surface area contributed by atoms with E-state index >= 15 is 0 Å². The van der Waals surface area contributed by atoms with Crippen molar-refractivity contribution >= 4 is 17.2 Å². The summed E-state index contributed by atoms with van der Waals surface area (Å²) in [6, 6.07) is 23.5. The van der Waals surface area contributed by atoms with Crippen molar-refractivity contribution in [3.63, 3.8) is 0 Å². The van der Waals surface area contributed by atoms with Gasteiger partial charge in [-0.3, -0.25) is 0 Å². The van der Waals surface area contributed by atoms with Gasteiger partial charge >= 0.3 is 0 Å². The van der Waals surface area contributed by atoms with Gasteiger partial charge in [-0.15, -0.1) is 11.3 Å². The van der Waals surface area contributed by atoms with Crippen molar-refractivity contribution < 1.29 is 0 Å². The lowest BCUT2D eigenvalue weighted by molar-refractivity contribution is 0.705. The Bertz CT molecular complexity index is 1130. The topological polar surface area (TPSA) is 37.8 Å². The van der Waals surface area contributed by atoms with Crippen molar-refractivity contribution in [1.82, 2.24) is 9.97 Å². The number of rotatable bonds is 8. The number of benzene rings is 2. The molecule has 4 aromatic rings. The van der Waals surface area contributed by atoms with Crippen LogP contribution in [0.15, 0.2) is 72.9 Å². The van der Waals surface area contributed by atoms with E-state index in [-0.39, 0.29) is 0 Å². The molecule has 0 fully saturated rings. The van der Waals surface area contributed by atoms with Crippen molar-refractivity contribution in [1.29, 1.82) is 0 Å². The molecule has 0 spiro atoms. The van der Waals surface area contributed by atoms with Crippen LogP contribution in [0.4, 0.5) is 5.82 Å². The summed E-state index contributed by atoms with van der Waals surface area (Å²) in [6.07, 6.45) is 3.89. The van der Waals surface area contributed by atoms with Crippen LogP contribution in [0.5, 0.6) is 0 Å². The summed E-state index contributed by atoms with van der Waals surface area (Å²) in [7, 11) is 0. The third kappa shape index (κ3) is 5.20. The van der Waals surface area contributed by atoms with Crippen LogP contribution in [0, 0.1) is 6.92 Å². The Labute approximate surface area is 189 Å².